The maximum Gasteiger partial charge on any atom is 0.235 e. The Labute approximate surface area is 141 Å². The lowest BCUT2D eigenvalue weighted by Crippen LogP contribution is -2.20. The average Bonchev–Trinajstić information content (AvgIpc) is 2.89. The van der Waals surface area contributed by atoms with E-state index < -0.39 is 9.84 Å². The minimum absolute atomic E-state index is 0.0375. The van der Waals surface area contributed by atoms with Crippen LogP contribution in [0.25, 0.3) is 0 Å². The van der Waals surface area contributed by atoms with Gasteiger partial charge in [-0.2, -0.15) is 5.10 Å². The summed E-state index contributed by atoms with van der Waals surface area (Å²) in [6.07, 6.45) is 1.54. The molecule has 23 heavy (non-hydrogen) atoms. The molecule has 0 aromatic carbocycles. The summed E-state index contributed by atoms with van der Waals surface area (Å²) >= 11 is 1.65. The quantitative estimate of drug-likeness (QED) is 0.898. The molecule has 0 saturated carbocycles. The van der Waals surface area contributed by atoms with E-state index in [0.29, 0.717) is 23.9 Å². The Morgan fingerprint density at radius 2 is 2.17 bits per heavy atom. The van der Waals surface area contributed by atoms with Crippen LogP contribution < -0.4 is 5.32 Å². The molecule has 0 spiro atoms. The van der Waals surface area contributed by atoms with E-state index in [9.17, 15) is 13.2 Å². The SMILES string of the molecule is Cc1nn([C@@H]2CCS(=O)(=O)C2)c2c1[C@@H](CC(C)C)SCC(=O)N2. The zero-order chi connectivity index (χ0) is 16.8. The zero-order valence-corrected chi connectivity index (χ0v) is 15.3. The number of sulfone groups is 1. The van der Waals surface area contributed by atoms with Crippen LogP contribution >= 0.6 is 11.8 Å². The molecule has 3 heterocycles. The van der Waals surface area contributed by atoms with E-state index in [1.807, 2.05) is 6.92 Å². The highest BCUT2D eigenvalue weighted by Gasteiger charge is 2.35. The lowest BCUT2D eigenvalue weighted by atomic mass is 10.0. The van der Waals surface area contributed by atoms with Crippen molar-refractivity contribution in [2.75, 3.05) is 22.6 Å². The van der Waals surface area contributed by atoms with E-state index in [1.54, 1.807) is 16.4 Å². The molecule has 6 nitrogen and oxygen atoms in total. The van der Waals surface area contributed by atoms with Crippen molar-refractivity contribution >= 4 is 33.3 Å². The van der Waals surface area contributed by atoms with Gasteiger partial charge in [0.05, 0.1) is 29.0 Å². The van der Waals surface area contributed by atoms with E-state index in [0.717, 1.165) is 17.7 Å². The summed E-state index contributed by atoms with van der Waals surface area (Å²) in [5, 5.41) is 7.78. The molecule has 1 saturated heterocycles. The van der Waals surface area contributed by atoms with Gasteiger partial charge in [0.1, 0.15) is 5.82 Å². The average molecular weight is 358 g/mol. The first-order valence-corrected chi connectivity index (χ1v) is 10.8. The van der Waals surface area contributed by atoms with Gasteiger partial charge < -0.3 is 5.32 Å². The van der Waals surface area contributed by atoms with Gasteiger partial charge >= 0.3 is 0 Å². The van der Waals surface area contributed by atoms with Gasteiger partial charge in [0.15, 0.2) is 9.84 Å². The summed E-state index contributed by atoms with van der Waals surface area (Å²) in [6, 6.07) is -0.175. The van der Waals surface area contributed by atoms with Gasteiger partial charge in [0.25, 0.3) is 0 Å². The molecule has 1 N–H and O–H groups in total. The van der Waals surface area contributed by atoms with E-state index >= 15 is 0 Å². The number of thioether (sulfide) groups is 1. The van der Waals surface area contributed by atoms with E-state index in [-0.39, 0.29) is 28.7 Å². The Balaban J connectivity index is 2.02. The molecule has 2 aliphatic rings. The second kappa shape index (κ2) is 6.12. The minimum Gasteiger partial charge on any atom is -0.310 e. The number of anilines is 1. The molecule has 0 aliphatic carbocycles. The summed E-state index contributed by atoms with van der Waals surface area (Å²) in [4.78, 5) is 12.1. The van der Waals surface area contributed by atoms with Crippen LogP contribution in [0.2, 0.25) is 0 Å². The van der Waals surface area contributed by atoms with Crippen LogP contribution in [0.5, 0.6) is 0 Å². The Morgan fingerprint density at radius 1 is 1.43 bits per heavy atom. The summed E-state index contributed by atoms with van der Waals surface area (Å²) in [7, 11) is -2.99. The van der Waals surface area contributed by atoms with Crippen LogP contribution in [0.1, 0.15) is 49.2 Å². The third-order valence-corrected chi connectivity index (χ3v) is 7.38. The molecule has 1 aromatic heterocycles. The largest absolute Gasteiger partial charge is 0.310 e. The first-order valence-electron chi connectivity index (χ1n) is 7.97. The number of carbonyl (C=O) groups is 1. The predicted octanol–water partition coefficient (Wildman–Crippen LogP) is 2.32. The third kappa shape index (κ3) is 3.42. The fraction of sp³-hybridized carbons (Fsp3) is 0.733. The number of nitrogens with one attached hydrogen (secondary N) is 1. The van der Waals surface area contributed by atoms with Gasteiger partial charge in [-0.3, -0.25) is 4.79 Å². The zero-order valence-electron chi connectivity index (χ0n) is 13.7. The molecule has 0 radical (unpaired) electrons. The lowest BCUT2D eigenvalue weighted by molar-refractivity contribution is -0.113. The molecule has 0 bridgehead atoms. The van der Waals surface area contributed by atoms with Gasteiger partial charge in [-0.25, -0.2) is 13.1 Å². The van der Waals surface area contributed by atoms with Crippen molar-refractivity contribution in [3.63, 3.8) is 0 Å². The van der Waals surface area contributed by atoms with Crippen LogP contribution in [0.15, 0.2) is 0 Å². The number of amides is 1. The van der Waals surface area contributed by atoms with Crippen LogP contribution in [0, 0.1) is 12.8 Å². The van der Waals surface area contributed by atoms with Crippen LogP contribution in [-0.4, -0.2) is 41.4 Å². The first kappa shape index (κ1) is 16.8. The van der Waals surface area contributed by atoms with E-state index in [2.05, 4.69) is 24.3 Å². The second-order valence-corrected chi connectivity index (χ2v) is 10.2. The van der Waals surface area contributed by atoms with Crippen molar-refractivity contribution in [1.29, 1.82) is 0 Å². The molecule has 3 rings (SSSR count). The maximum atomic E-state index is 12.1. The number of nitrogens with zero attached hydrogens (tertiary/aromatic N) is 2. The Morgan fingerprint density at radius 3 is 2.78 bits per heavy atom. The number of aromatic nitrogens is 2. The molecular formula is C15H23N3O3S2. The molecular weight excluding hydrogens is 334 g/mol. The first-order chi connectivity index (χ1) is 10.8. The Kier molecular flexibility index (Phi) is 4.48. The lowest BCUT2D eigenvalue weighted by Gasteiger charge is -2.17. The summed E-state index contributed by atoms with van der Waals surface area (Å²) < 4.78 is 25.4. The van der Waals surface area contributed by atoms with Crippen LogP contribution in [0.4, 0.5) is 5.82 Å². The fourth-order valence-electron chi connectivity index (χ4n) is 3.34. The Hall–Kier alpha value is -1.02. The molecule has 1 aromatic rings. The molecule has 2 atom stereocenters. The van der Waals surface area contributed by atoms with Gasteiger partial charge in [0.2, 0.25) is 5.91 Å². The second-order valence-electron chi connectivity index (χ2n) is 6.83. The van der Waals surface area contributed by atoms with Crippen LogP contribution in [-0.2, 0) is 14.6 Å². The van der Waals surface area contributed by atoms with Crippen molar-refractivity contribution in [2.45, 2.75) is 44.9 Å². The van der Waals surface area contributed by atoms with Gasteiger partial charge in [0, 0.05) is 10.8 Å². The van der Waals surface area contributed by atoms with Crippen molar-refractivity contribution in [1.82, 2.24) is 9.78 Å². The molecule has 1 fully saturated rings. The highest BCUT2D eigenvalue weighted by Crippen LogP contribution is 2.43. The number of carbonyl (C=O) groups excluding carboxylic acids is 1. The number of fused-ring (bicyclic) bond motifs is 1. The Bertz CT molecular complexity index is 725. The summed E-state index contributed by atoms with van der Waals surface area (Å²) in [5.41, 5.74) is 1.96. The maximum absolute atomic E-state index is 12.1. The van der Waals surface area contributed by atoms with Crippen molar-refractivity contribution in [3.8, 4) is 0 Å². The monoisotopic (exact) mass is 357 g/mol. The number of rotatable bonds is 3. The van der Waals surface area contributed by atoms with E-state index in [4.69, 9.17) is 0 Å². The standard InChI is InChI=1S/C15H23N3O3S2/c1-9(2)6-12-14-10(3)17-18(11-4-5-23(20,21)8-11)15(14)16-13(19)7-22-12/h9,11-12H,4-8H2,1-3H3,(H,16,19)/t11-,12-/m1/s1. The highest BCUT2D eigenvalue weighted by molar-refractivity contribution is 8.00. The van der Waals surface area contributed by atoms with Crippen molar-refractivity contribution < 1.29 is 13.2 Å². The van der Waals surface area contributed by atoms with E-state index in [1.165, 1.54) is 0 Å². The predicted molar refractivity (Wildman–Crippen MR) is 92.6 cm³/mol. The molecule has 0 unspecified atom stereocenters. The van der Waals surface area contributed by atoms with Crippen molar-refractivity contribution in [2.24, 2.45) is 5.92 Å². The summed E-state index contributed by atoms with van der Waals surface area (Å²) in [6.45, 7) is 6.29. The third-order valence-electron chi connectivity index (χ3n) is 4.37. The summed E-state index contributed by atoms with van der Waals surface area (Å²) in [5.74, 6) is 1.93. The number of hydrogen-bond donors (Lipinski definition) is 1. The molecule has 2 aliphatic heterocycles. The normalized spacial score (nSPS) is 26.9. The number of aryl methyl sites for hydroxylation is 1. The topological polar surface area (TPSA) is 81.1 Å². The number of hydrogen-bond acceptors (Lipinski definition) is 5. The molecule has 8 heteroatoms. The smallest absolute Gasteiger partial charge is 0.235 e. The van der Waals surface area contributed by atoms with Gasteiger partial charge in [-0.15, -0.1) is 11.8 Å². The van der Waals surface area contributed by atoms with Crippen molar-refractivity contribution in [3.05, 3.63) is 11.3 Å². The van der Waals surface area contributed by atoms with Gasteiger partial charge in [-0.05, 0) is 25.7 Å². The van der Waals surface area contributed by atoms with Gasteiger partial charge in [-0.1, -0.05) is 13.8 Å². The van der Waals surface area contributed by atoms with Crippen LogP contribution in [0.3, 0.4) is 0 Å². The molecule has 128 valence electrons. The molecule has 1 amide bonds. The fourth-order valence-corrected chi connectivity index (χ4v) is 6.43. The minimum atomic E-state index is -2.99. The highest BCUT2D eigenvalue weighted by atomic mass is 32.2.